The Balaban J connectivity index is 1.62. The van der Waals surface area contributed by atoms with Gasteiger partial charge in [0.2, 0.25) is 0 Å². The van der Waals surface area contributed by atoms with Gasteiger partial charge in [-0.25, -0.2) is 14.8 Å². The van der Waals surface area contributed by atoms with Crippen LogP contribution in [0.2, 0.25) is 0 Å². The lowest BCUT2D eigenvalue weighted by atomic mass is 10.1. The van der Waals surface area contributed by atoms with E-state index in [1.54, 1.807) is 31.2 Å². The van der Waals surface area contributed by atoms with Crippen molar-refractivity contribution in [1.82, 2.24) is 9.97 Å². The summed E-state index contributed by atoms with van der Waals surface area (Å²) in [5.74, 6) is 0.302. The molecule has 0 bridgehead atoms. The fourth-order valence-electron chi connectivity index (χ4n) is 3.55. The van der Waals surface area contributed by atoms with Crippen LogP contribution in [0.5, 0.6) is 11.5 Å². The van der Waals surface area contributed by atoms with Gasteiger partial charge in [0.15, 0.2) is 12.4 Å². The first-order valence-electron chi connectivity index (χ1n) is 11.3. The average Bonchev–Trinajstić information content (AvgIpc) is 2.86. The zero-order chi connectivity index (χ0) is 26.6. The number of carboxylic acid groups (broad SMARTS) is 1. The van der Waals surface area contributed by atoms with E-state index >= 15 is 0 Å². The standard InChI is InChI=1S/C28H23F3N2O4/c1-17-3-5-20(6-4-17)27-32-22(14-24(33-27)19-7-9-21(10-8-19)28(29,30)31)15-36-23-11-12-25(18(2)13-23)37-16-26(34)35/h3-14H,15-16H2,1-2H3,(H,34,35). The van der Waals surface area contributed by atoms with Crippen molar-refractivity contribution in [3.63, 3.8) is 0 Å². The maximum Gasteiger partial charge on any atom is 0.416 e. The van der Waals surface area contributed by atoms with Crippen LogP contribution in [0.3, 0.4) is 0 Å². The van der Waals surface area contributed by atoms with Crippen LogP contribution < -0.4 is 9.47 Å². The van der Waals surface area contributed by atoms with Crippen molar-refractivity contribution in [3.05, 3.63) is 95.2 Å². The highest BCUT2D eigenvalue weighted by molar-refractivity contribution is 5.68. The Morgan fingerprint density at radius 2 is 1.54 bits per heavy atom. The number of hydrogen-bond donors (Lipinski definition) is 1. The van der Waals surface area contributed by atoms with Crippen LogP contribution in [0, 0.1) is 13.8 Å². The molecule has 0 saturated heterocycles. The highest BCUT2D eigenvalue weighted by Crippen LogP contribution is 2.31. The second-order valence-corrected chi connectivity index (χ2v) is 8.41. The number of hydrogen-bond acceptors (Lipinski definition) is 5. The van der Waals surface area contributed by atoms with Gasteiger partial charge in [0.1, 0.15) is 18.1 Å². The zero-order valence-corrected chi connectivity index (χ0v) is 20.0. The summed E-state index contributed by atoms with van der Waals surface area (Å²) < 4.78 is 50.2. The minimum absolute atomic E-state index is 0.0732. The van der Waals surface area contributed by atoms with Crippen molar-refractivity contribution in [2.24, 2.45) is 0 Å². The van der Waals surface area contributed by atoms with Crippen molar-refractivity contribution in [2.75, 3.05) is 6.61 Å². The Morgan fingerprint density at radius 1 is 0.865 bits per heavy atom. The molecule has 0 unspecified atom stereocenters. The number of ether oxygens (including phenoxy) is 2. The summed E-state index contributed by atoms with van der Waals surface area (Å²) in [6.45, 7) is 3.36. The van der Waals surface area contributed by atoms with E-state index in [0.717, 1.165) is 23.3 Å². The predicted octanol–water partition coefficient (Wildman–Crippen LogP) is 6.49. The maximum atomic E-state index is 13.0. The summed E-state index contributed by atoms with van der Waals surface area (Å²) in [4.78, 5) is 19.9. The molecule has 190 valence electrons. The van der Waals surface area contributed by atoms with Crippen LogP contribution >= 0.6 is 0 Å². The van der Waals surface area contributed by atoms with E-state index in [-0.39, 0.29) is 6.61 Å². The lowest BCUT2D eigenvalue weighted by molar-refractivity contribution is -0.139. The number of benzene rings is 3. The van der Waals surface area contributed by atoms with E-state index in [1.807, 2.05) is 31.2 Å². The quantitative estimate of drug-likeness (QED) is 0.293. The van der Waals surface area contributed by atoms with Gasteiger partial charge in [0.25, 0.3) is 0 Å². The summed E-state index contributed by atoms with van der Waals surface area (Å²) in [6, 6.07) is 19.1. The summed E-state index contributed by atoms with van der Waals surface area (Å²) in [6.07, 6.45) is -4.43. The van der Waals surface area contributed by atoms with Gasteiger partial charge in [-0.2, -0.15) is 13.2 Å². The first kappa shape index (κ1) is 25.7. The molecular weight excluding hydrogens is 485 g/mol. The summed E-state index contributed by atoms with van der Waals surface area (Å²) in [5, 5.41) is 8.79. The molecule has 4 rings (SSSR count). The summed E-state index contributed by atoms with van der Waals surface area (Å²) >= 11 is 0. The molecule has 1 aromatic heterocycles. The van der Waals surface area contributed by atoms with Crippen LogP contribution in [0.4, 0.5) is 13.2 Å². The Labute approximate surface area is 211 Å². The number of carboxylic acids is 1. The third kappa shape index (κ3) is 6.63. The van der Waals surface area contributed by atoms with Crippen LogP contribution in [0.1, 0.15) is 22.4 Å². The van der Waals surface area contributed by atoms with Gasteiger partial charge in [-0.05, 0) is 55.8 Å². The number of aryl methyl sites for hydroxylation is 2. The van der Waals surface area contributed by atoms with Crippen molar-refractivity contribution in [1.29, 1.82) is 0 Å². The van der Waals surface area contributed by atoms with Crippen LogP contribution in [0.25, 0.3) is 22.6 Å². The first-order valence-corrected chi connectivity index (χ1v) is 11.3. The van der Waals surface area contributed by atoms with Gasteiger partial charge >= 0.3 is 12.1 Å². The SMILES string of the molecule is Cc1ccc(-c2nc(COc3ccc(OCC(=O)O)c(C)c3)cc(-c3ccc(C(F)(F)F)cc3)n2)cc1. The summed E-state index contributed by atoms with van der Waals surface area (Å²) in [5.41, 5.74) is 3.30. The van der Waals surface area contributed by atoms with Crippen LogP contribution in [-0.2, 0) is 17.6 Å². The summed E-state index contributed by atoms with van der Waals surface area (Å²) in [7, 11) is 0. The number of aliphatic carboxylic acids is 1. The zero-order valence-electron chi connectivity index (χ0n) is 20.0. The third-order valence-corrected chi connectivity index (χ3v) is 5.48. The molecule has 0 saturated carbocycles. The topological polar surface area (TPSA) is 81.5 Å². The van der Waals surface area contributed by atoms with E-state index in [1.165, 1.54) is 12.1 Å². The lowest BCUT2D eigenvalue weighted by Crippen LogP contribution is -2.10. The van der Waals surface area contributed by atoms with Gasteiger partial charge in [-0.15, -0.1) is 0 Å². The highest BCUT2D eigenvalue weighted by Gasteiger charge is 2.30. The molecule has 0 atom stereocenters. The van der Waals surface area contributed by atoms with Gasteiger partial charge in [0, 0.05) is 11.1 Å². The Morgan fingerprint density at radius 3 is 2.16 bits per heavy atom. The van der Waals surface area contributed by atoms with Gasteiger partial charge in [0.05, 0.1) is 17.0 Å². The molecule has 1 N–H and O–H groups in total. The highest BCUT2D eigenvalue weighted by atomic mass is 19.4. The minimum Gasteiger partial charge on any atom is -0.487 e. The molecule has 0 aliphatic rings. The first-order chi connectivity index (χ1) is 17.6. The van der Waals surface area contributed by atoms with Gasteiger partial charge < -0.3 is 14.6 Å². The lowest BCUT2D eigenvalue weighted by Gasteiger charge is -2.13. The second kappa shape index (κ2) is 10.7. The van der Waals surface area contributed by atoms with E-state index in [0.29, 0.717) is 39.8 Å². The Kier molecular flexibility index (Phi) is 7.42. The molecule has 0 fully saturated rings. The second-order valence-electron chi connectivity index (χ2n) is 8.41. The number of halogens is 3. The van der Waals surface area contributed by atoms with E-state index in [4.69, 9.17) is 14.6 Å². The molecule has 0 aliphatic carbocycles. The Hall–Kier alpha value is -4.40. The number of carbonyl (C=O) groups is 1. The number of nitrogens with zero attached hydrogens (tertiary/aromatic N) is 2. The minimum atomic E-state index is -4.43. The molecule has 37 heavy (non-hydrogen) atoms. The molecule has 3 aromatic carbocycles. The molecule has 4 aromatic rings. The van der Waals surface area contributed by atoms with E-state index in [2.05, 4.69) is 9.97 Å². The number of aromatic nitrogens is 2. The van der Waals surface area contributed by atoms with E-state index < -0.39 is 24.3 Å². The van der Waals surface area contributed by atoms with Crippen LogP contribution in [-0.4, -0.2) is 27.7 Å². The third-order valence-electron chi connectivity index (χ3n) is 5.48. The molecule has 0 amide bonds. The molecule has 1 heterocycles. The van der Waals surface area contributed by atoms with E-state index in [9.17, 15) is 18.0 Å². The number of alkyl halides is 3. The van der Waals surface area contributed by atoms with Gasteiger partial charge in [-0.3, -0.25) is 0 Å². The molecular formula is C28H23F3N2O4. The maximum absolute atomic E-state index is 13.0. The van der Waals surface area contributed by atoms with Crippen LogP contribution in [0.15, 0.2) is 72.8 Å². The van der Waals surface area contributed by atoms with Crippen molar-refractivity contribution >= 4 is 5.97 Å². The molecule has 9 heteroatoms. The smallest absolute Gasteiger partial charge is 0.416 e. The fourth-order valence-corrected chi connectivity index (χ4v) is 3.55. The largest absolute Gasteiger partial charge is 0.487 e. The fraction of sp³-hybridized carbons (Fsp3) is 0.179. The van der Waals surface area contributed by atoms with Crippen molar-refractivity contribution in [2.45, 2.75) is 26.6 Å². The average molecular weight is 508 g/mol. The monoisotopic (exact) mass is 508 g/mol. The molecule has 6 nitrogen and oxygen atoms in total. The molecule has 0 radical (unpaired) electrons. The van der Waals surface area contributed by atoms with Gasteiger partial charge in [-0.1, -0.05) is 42.0 Å². The Bertz CT molecular complexity index is 1400. The van der Waals surface area contributed by atoms with Crippen molar-refractivity contribution < 1.29 is 32.5 Å². The number of rotatable bonds is 8. The molecule has 0 spiro atoms. The molecule has 0 aliphatic heterocycles. The predicted molar refractivity (Wildman–Crippen MR) is 131 cm³/mol. The van der Waals surface area contributed by atoms with Crippen molar-refractivity contribution in [3.8, 4) is 34.1 Å². The normalized spacial score (nSPS) is 11.3.